The molecular formula is C25H27N7O4. The topological polar surface area (TPSA) is 115 Å². The molecule has 1 aromatic heterocycles. The first-order valence-electron chi connectivity index (χ1n) is 11.7. The van der Waals surface area contributed by atoms with E-state index >= 15 is 0 Å². The van der Waals surface area contributed by atoms with Crippen molar-refractivity contribution in [1.82, 2.24) is 29.8 Å². The lowest BCUT2D eigenvalue weighted by atomic mass is 10.0. The molecule has 11 nitrogen and oxygen atoms in total. The number of benzene rings is 2. The fraction of sp³-hybridized carbons (Fsp3) is 0.320. The third-order valence-electron chi connectivity index (χ3n) is 6.65. The van der Waals surface area contributed by atoms with Crippen LogP contribution in [0.1, 0.15) is 12.0 Å². The number of anilines is 1. The van der Waals surface area contributed by atoms with E-state index in [1.54, 1.807) is 22.7 Å². The average molecular weight is 490 g/mol. The number of rotatable bonds is 7. The molecule has 0 bridgehead atoms. The number of amides is 2. The number of hydrazine groups is 1. The molecule has 2 aliphatic heterocycles. The van der Waals surface area contributed by atoms with Gasteiger partial charge in [-0.2, -0.15) is 0 Å². The van der Waals surface area contributed by atoms with E-state index in [0.29, 0.717) is 12.1 Å². The monoisotopic (exact) mass is 489 g/mol. The summed E-state index contributed by atoms with van der Waals surface area (Å²) in [5.74, 6) is -1.82. The highest BCUT2D eigenvalue weighted by molar-refractivity contribution is 5.93. The van der Waals surface area contributed by atoms with Gasteiger partial charge in [-0.05, 0) is 18.2 Å². The highest BCUT2D eigenvalue weighted by atomic mass is 16.4. The average Bonchev–Trinajstić information content (AvgIpc) is 3.24. The molecule has 0 radical (unpaired) electrons. The van der Waals surface area contributed by atoms with Crippen molar-refractivity contribution in [3.05, 3.63) is 66.7 Å². The maximum atomic E-state index is 13.6. The summed E-state index contributed by atoms with van der Waals surface area (Å²) >= 11 is 0. The molecule has 3 aromatic rings. The second kappa shape index (κ2) is 9.42. The molecule has 3 heterocycles. The van der Waals surface area contributed by atoms with Gasteiger partial charge in [-0.3, -0.25) is 19.4 Å². The van der Waals surface area contributed by atoms with Crippen LogP contribution in [0.15, 0.2) is 61.2 Å². The fourth-order valence-electron chi connectivity index (χ4n) is 5.11. The van der Waals surface area contributed by atoms with Gasteiger partial charge in [0.05, 0.1) is 30.7 Å². The Morgan fingerprint density at radius 3 is 2.67 bits per heavy atom. The first-order chi connectivity index (χ1) is 17.4. The van der Waals surface area contributed by atoms with Crippen LogP contribution in [0.25, 0.3) is 11.0 Å². The summed E-state index contributed by atoms with van der Waals surface area (Å²) in [7, 11) is 1.80. The van der Waals surface area contributed by atoms with E-state index in [-0.39, 0.29) is 25.5 Å². The van der Waals surface area contributed by atoms with Gasteiger partial charge in [0.25, 0.3) is 0 Å². The van der Waals surface area contributed by atoms with Gasteiger partial charge in [-0.25, -0.2) is 9.69 Å². The minimum atomic E-state index is -1.14. The van der Waals surface area contributed by atoms with Crippen molar-refractivity contribution in [2.24, 2.45) is 7.05 Å². The SMILES string of the molecule is C=CCN1CC(=O)N2[C@@H](CC(=O)O)C(=O)N(Cc3cccc4c3nnn4C)C[C@@H]2N1c1ccccc1. The summed E-state index contributed by atoms with van der Waals surface area (Å²) in [6.45, 7) is 4.67. The summed E-state index contributed by atoms with van der Waals surface area (Å²) in [6, 6.07) is 14.1. The molecule has 0 spiro atoms. The van der Waals surface area contributed by atoms with Crippen LogP contribution in [0.5, 0.6) is 0 Å². The predicted octanol–water partition coefficient (Wildman–Crippen LogP) is 1.23. The van der Waals surface area contributed by atoms with Gasteiger partial charge >= 0.3 is 5.97 Å². The number of piperazine rings is 1. The molecule has 0 saturated carbocycles. The van der Waals surface area contributed by atoms with E-state index in [4.69, 9.17) is 0 Å². The number of aliphatic carboxylic acids is 1. The summed E-state index contributed by atoms with van der Waals surface area (Å²) in [5, 5.41) is 21.8. The van der Waals surface area contributed by atoms with Crippen molar-refractivity contribution in [2.45, 2.75) is 25.2 Å². The number of nitrogens with zero attached hydrogens (tertiary/aromatic N) is 7. The highest BCUT2D eigenvalue weighted by Gasteiger charge is 2.50. The molecule has 186 valence electrons. The third-order valence-corrected chi connectivity index (χ3v) is 6.65. The number of hydrogen-bond donors (Lipinski definition) is 1. The second-order valence-corrected chi connectivity index (χ2v) is 8.93. The van der Waals surface area contributed by atoms with E-state index in [1.165, 1.54) is 4.90 Å². The van der Waals surface area contributed by atoms with Crippen LogP contribution < -0.4 is 5.01 Å². The van der Waals surface area contributed by atoms with Crippen LogP contribution >= 0.6 is 0 Å². The van der Waals surface area contributed by atoms with E-state index in [0.717, 1.165) is 16.8 Å². The van der Waals surface area contributed by atoms with Gasteiger partial charge in [0.2, 0.25) is 11.8 Å². The van der Waals surface area contributed by atoms with Crippen LogP contribution in [0.2, 0.25) is 0 Å². The summed E-state index contributed by atoms with van der Waals surface area (Å²) in [4.78, 5) is 41.8. The van der Waals surface area contributed by atoms with E-state index in [1.807, 2.05) is 58.5 Å². The molecule has 36 heavy (non-hydrogen) atoms. The van der Waals surface area contributed by atoms with Crippen molar-refractivity contribution in [3.63, 3.8) is 0 Å². The molecule has 11 heteroatoms. The molecule has 0 unspecified atom stereocenters. The Labute approximate surface area is 207 Å². The van der Waals surface area contributed by atoms with E-state index in [9.17, 15) is 19.5 Å². The minimum Gasteiger partial charge on any atom is -0.481 e. The maximum Gasteiger partial charge on any atom is 0.305 e. The fourth-order valence-corrected chi connectivity index (χ4v) is 5.11. The minimum absolute atomic E-state index is 0.0136. The first-order valence-corrected chi connectivity index (χ1v) is 11.7. The number of aromatic nitrogens is 3. The number of hydrogen-bond acceptors (Lipinski definition) is 7. The van der Waals surface area contributed by atoms with Gasteiger partial charge < -0.3 is 14.9 Å². The van der Waals surface area contributed by atoms with E-state index < -0.39 is 30.5 Å². The van der Waals surface area contributed by atoms with Crippen molar-refractivity contribution in [1.29, 1.82) is 0 Å². The van der Waals surface area contributed by atoms with Gasteiger partial charge in [0.1, 0.15) is 17.7 Å². The quantitative estimate of drug-likeness (QED) is 0.493. The number of carboxylic acids is 1. The Hall–Kier alpha value is -4.25. The third kappa shape index (κ3) is 4.07. The van der Waals surface area contributed by atoms with Crippen LogP contribution in [-0.2, 0) is 28.0 Å². The Bertz CT molecular complexity index is 1320. The Morgan fingerprint density at radius 1 is 1.17 bits per heavy atom. The zero-order valence-electron chi connectivity index (χ0n) is 19.9. The molecule has 2 atom stereocenters. The van der Waals surface area contributed by atoms with Crippen molar-refractivity contribution in [3.8, 4) is 0 Å². The van der Waals surface area contributed by atoms with Gasteiger partial charge in [0, 0.05) is 25.7 Å². The molecule has 1 N–H and O–H groups in total. The van der Waals surface area contributed by atoms with Crippen molar-refractivity contribution < 1.29 is 19.5 Å². The molecular weight excluding hydrogens is 462 g/mol. The Kier molecular flexibility index (Phi) is 6.15. The maximum absolute atomic E-state index is 13.6. The highest BCUT2D eigenvalue weighted by Crippen LogP contribution is 2.32. The molecule has 0 aliphatic carbocycles. The summed E-state index contributed by atoms with van der Waals surface area (Å²) in [5.41, 5.74) is 3.14. The molecule has 2 saturated heterocycles. The molecule has 2 aliphatic rings. The number of carboxylic acid groups (broad SMARTS) is 1. The smallest absolute Gasteiger partial charge is 0.305 e. The first kappa shape index (κ1) is 23.5. The number of carbonyl (C=O) groups excluding carboxylic acids is 2. The largest absolute Gasteiger partial charge is 0.481 e. The lowest BCUT2D eigenvalue weighted by molar-refractivity contribution is -0.166. The Morgan fingerprint density at radius 2 is 1.94 bits per heavy atom. The number of aryl methyl sites for hydroxylation is 1. The zero-order chi connectivity index (χ0) is 25.4. The van der Waals surface area contributed by atoms with E-state index in [2.05, 4.69) is 16.9 Å². The molecule has 2 aromatic carbocycles. The van der Waals surface area contributed by atoms with Crippen LogP contribution in [-0.4, -0.2) is 84.5 Å². The van der Waals surface area contributed by atoms with Crippen LogP contribution in [0.3, 0.4) is 0 Å². The number of carbonyl (C=O) groups is 3. The normalized spacial score (nSPS) is 20.6. The molecule has 2 fully saturated rings. The predicted molar refractivity (Wildman–Crippen MR) is 131 cm³/mol. The zero-order valence-corrected chi connectivity index (χ0v) is 19.9. The Balaban J connectivity index is 1.57. The molecule has 5 rings (SSSR count). The van der Waals surface area contributed by atoms with Crippen molar-refractivity contribution >= 4 is 34.5 Å². The van der Waals surface area contributed by atoms with Crippen LogP contribution in [0, 0.1) is 0 Å². The summed E-state index contributed by atoms with van der Waals surface area (Å²) in [6.07, 6.45) is 0.655. The van der Waals surface area contributed by atoms with Gasteiger partial charge in [0.15, 0.2) is 0 Å². The van der Waals surface area contributed by atoms with Gasteiger partial charge in [-0.15, -0.1) is 11.7 Å². The van der Waals surface area contributed by atoms with Gasteiger partial charge in [-0.1, -0.05) is 41.6 Å². The lowest BCUT2D eigenvalue weighted by Gasteiger charge is -2.56. The number of para-hydroxylation sites is 1. The lowest BCUT2D eigenvalue weighted by Crippen LogP contribution is -2.75. The van der Waals surface area contributed by atoms with Crippen LogP contribution in [0.4, 0.5) is 5.69 Å². The van der Waals surface area contributed by atoms with Crippen molar-refractivity contribution in [2.75, 3.05) is 24.6 Å². The molecule has 2 amide bonds. The standard InChI is InChI=1S/C25H27N7O4/c1-3-12-30-16-22(33)31-20(13-23(34)35)25(36)29(15-21(31)32(30)18-9-5-4-6-10-18)14-17-8-7-11-19-24(17)26-27-28(19)2/h3-11,20-21H,1,12-16H2,2H3,(H,34,35)/t20-,21-/m0/s1. The second-order valence-electron chi connectivity index (χ2n) is 8.93. The summed E-state index contributed by atoms with van der Waals surface area (Å²) < 4.78 is 1.66. The number of fused-ring (bicyclic) bond motifs is 2.